The number of thioether (sulfide) groups is 1. The lowest BCUT2D eigenvalue weighted by Gasteiger charge is -1.99. The summed E-state index contributed by atoms with van der Waals surface area (Å²) in [6.07, 6.45) is 2.05. The van der Waals surface area contributed by atoms with Gasteiger partial charge in [0.05, 0.1) is 5.56 Å². The molecule has 0 radical (unpaired) electrons. The lowest BCUT2D eigenvalue weighted by Crippen LogP contribution is -1.86. The van der Waals surface area contributed by atoms with E-state index in [4.69, 9.17) is 0 Å². The Balaban J connectivity index is 1.98. The van der Waals surface area contributed by atoms with Crippen molar-refractivity contribution in [3.05, 3.63) is 101 Å². The molecule has 26 heavy (non-hydrogen) atoms. The van der Waals surface area contributed by atoms with E-state index in [9.17, 15) is 5.26 Å². The lowest BCUT2D eigenvalue weighted by molar-refractivity contribution is 1.42. The fourth-order valence-electron chi connectivity index (χ4n) is 2.41. The summed E-state index contributed by atoms with van der Waals surface area (Å²) in [4.78, 5) is 1.16. The van der Waals surface area contributed by atoms with Crippen molar-refractivity contribution < 1.29 is 0 Å². The maximum atomic E-state index is 9.19. The van der Waals surface area contributed by atoms with Crippen LogP contribution in [0.3, 0.4) is 0 Å². The van der Waals surface area contributed by atoms with Gasteiger partial charge < -0.3 is 0 Å². The number of nitriles is 1. The largest absolute Gasteiger partial charge is 0.192 e. The predicted molar refractivity (Wildman–Crippen MR) is 108 cm³/mol. The van der Waals surface area contributed by atoms with Crippen LogP contribution in [0.2, 0.25) is 0 Å². The molecule has 3 rings (SSSR count). The maximum Gasteiger partial charge on any atom is 0.100 e. The molecule has 0 atom stereocenters. The van der Waals surface area contributed by atoms with Crippen LogP contribution >= 0.6 is 11.8 Å². The highest BCUT2D eigenvalue weighted by molar-refractivity contribution is 7.98. The number of nitrogens with zero attached hydrogens (tertiary/aromatic N) is 1. The Morgan fingerprint density at radius 1 is 0.577 bits per heavy atom. The van der Waals surface area contributed by atoms with Gasteiger partial charge >= 0.3 is 0 Å². The van der Waals surface area contributed by atoms with Crippen LogP contribution in [0.25, 0.3) is 0 Å². The lowest BCUT2D eigenvalue weighted by atomic mass is 10.1. The van der Waals surface area contributed by atoms with E-state index in [2.05, 4.69) is 35.8 Å². The summed E-state index contributed by atoms with van der Waals surface area (Å²) in [6.45, 7) is 0. The Morgan fingerprint density at radius 2 is 0.962 bits per heavy atom. The highest BCUT2D eigenvalue weighted by Gasteiger charge is 1.99. The van der Waals surface area contributed by atoms with E-state index in [0.717, 1.165) is 27.1 Å². The zero-order valence-electron chi connectivity index (χ0n) is 14.3. The first-order chi connectivity index (χ1) is 12.8. The van der Waals surface area contributed by atoms with Crippen LogP contribution in [0.1, 0.15) is 27.8 Å². The average molecular weight is 349 g/mol. The van der Waals surface area contributed by atoms with Gasteiger partial charge in [0.15, 0.2) is 0 Å². The zero-order valence-corrected chi connectivity index (χ0v) is 15.1. The van der Waals surface area contributed by atoms with Gasteiger partial charge in [-0.25, -0.2) is 0 Å². The molecule has 2 heteroatoms. The minimum atomic E-state index is 0.581. The summed E-state index contributed by atoms with van der Waals surface area (Å²) in [5.41, 5.74) is 4.06. The predicted octanol–water partition coefficient (Wildman–Crippen LogP) is 5.08. The van der Waals surface area contributed by atoms with Crippen LogP contribution in [-0.4, -0.2) is 6.26 Å². The standard InChI is InChI=1S/C24H15NS/c1-26-24-13-7-6-11-22(24)17-16-20-9-3-2-8-19(20)14-15-21-10-4-5-12-23(21)18-25/h2-13H,1H3. The van der Waals surface area contributed by atoms with Gasteiger partial charge in [-0.2, -0.15) is 5.26 Å². The van der Waals surface area contributed by atoms with Crippen LogP contribution in [0.15, 0.2) is 77.7 Å². The van der Waals surface area contributed by atoms with E-state index < -0.39 is 0 Å². The molecule has 0 bridgehead atoms. The summed E-state index contributed by atoms with van der Waals surface area (Å²) >= 11 is 1.69. The van der Waals surface area contributed by atoms with Crippen LogP contribution in [0, 0.1) is 35.0 Å². The molecule has 0 fully saturated rings. The maximum absolute atomic E-state index is 9.19. The number of hydrogen-bond acceptors (Lipinski definition) is 2. The smallest absolute Gasteiger partial charge is 0.100 e. The van der Waals surface area contributed by atoms with Crippen LogP contribution in [0.4, 0.5) is 0 Å². The Morgan fingerprint density at radius 3 is 1.46 bits per heavy atom. The first kappa shape index (κ1) is 17.4. The zero-order chi connectivity index (χ0) is 18.2. The second-order valence-electron chi connectivity index (χ2n) is 5.40. The van der Waals surface area contributed by atoms with Gasteiger partial charge in [0.2, 0.25) is 0 Å². The molecule has 0 aliphatic carbocycles. The molecule has 122 valence electrons. The number of rotatable bonds is 1. The number of benzene rings is 3. The highest BCUT2D eigenvalue weighted by Crippen LogP contribution is 2.19. The van der Waals surface area contributed by atoms with Crippen molar-refractivity contribution in [3.63, 3.8) is 0 Å². The minimum absolute atomic E-state index is 0.581. The van der Waals surface area contributed by atoms with Crippen LogP contribution < -0.4 is 0 Å². The molecular formula is C24H15NS. The molecule has 0 saturated carbocycles. The van der Waals surface area contributed by atoms with Crippen molar-refractivity contribution in [1.82, 2.24) is 0 Å². The van der Waals surface area contributed by atoms with Crippen molar-refractivity contribution in [1.29, 1.82) is 5.26 Å². The molecule has 1 nitrogen and oxygen atoms in total. The molecule has 0 aliphatic heterocycles. The second-order valence-corrected chi connectivity index (χ2v) is 6.25. The first-order valence-corrected chi connectivity index (χ1v) is 9.29. The number of hydrogen-bond donors (Lipinski definition) is 0. The van der Waals surface area contributed by atoms with Gasteiger partial charge in [0, 0.05) is 27.1 Å². The Bertz CT molecular complexity index is 1100. The average Bonchev–Trinajstić information content (AvgIpc) is 2.71. The van der Waals surface area contributed by atoms with Gasteiger partial charge in [-0.05, 0) is 42.7 Å². The highest BCUT2D eigenvalue weighted by atomic mass is 32.2. The Kier molecular flexibility index (Phi) is 5.80. The van der Waals surface area contributed by atoms with Gasteiger partial charge in [-0.3, -0.25) is 0 Å². The first-order valence-electron chi connectivity index (χ1n) is 8.07. The Hall–Kier alpha value is -3.38. The van der Waals surface area contributed by atoms with Gasteiger partial charge in [-0.15, -0.1) is 11.8 Å². The quantitative estimate of drug-likeness (QED) is 0.452. The monoisotopic (exact) mass is 349 g/mol. The van der Waals surface area contributed by atoms with E-state index in [1.54, 1.807) is 17.8 Å². The fraction of sp³-hybridized carbons (Fsp3) is 0.0417. The molecule has 0 aromatic heterocycles. The second kappa shape index (κ2) is 8.64. The Labute approximate surface area is 158 Å². The molecule has 0 aliphatic rings. The third-order valence-electron chi connectivity index (χ3n) is 3.75. The van der Waals surface area contributed by atoms with Crippen molar-refractivity contribution >= 4 is 11.8 Å². The molecule has 3 aromatic carbocycles. The van der Waals surface area contributed by atoms with Crippen molar-refractivity contribution in [2.75, 3.05) is 6.26 Å². The van der Waals surface area contributed by atoms with E-state index in [-0.39, 0.29) is 0 Å². The van der Waals surface area contributed by atoms with Crippen LogP contribution in [0.5, 0.6) is 0 Å². The summed E-state index contributed by atoms with van der Waals surface area (Å²) in [6, 6.07) is 25.5. The third-order valence-corrected chi connectivity index (χ3v) is 4.54. The van der Waals surface area contributed by atoms with E-state index in [1.807, 2.05) is 66.9 Å². The molecule has 0 spiro atoms. The van der Waals surface area contributed by atoms with E-state index >= 15 is 0 Å². The van der Waals surface area contributed by atoms with Crippen LogP contribution in [-0.2, 0) is 0 Å². The normalized spacial score (nSPS) is 9.23. The van der Waals surface area contributed by atoms with Crippen molar-refractivity contribution in [2.45, 2.75) is 4.90 Å². The van der Waals surface area contributed by atoms with Gasteiger partial charge in [0.1, 0.15) is 6.07 Å². The summed E-state index contributed by atoms with van der Waals surface area (Å²) < 4.78 is 0. The third kappa shape index (κ3) is 4.17. The van der Waals surface area contributed by atoms with E-state index in [0.29, 0.717) is 5.56 Å². The molecule has 0 heterocycles. The summed E-state index contributed by atoms with van der Waals surface area (Å²) in [7, 11) is 0. The van der Waals surface area contributed by atoms with Gasteiger partial charge in [-0.1, -0.05) is 60.1 Å². The molecule has 0 amide bonds. The van der Waals surface area contributed by atoms with Gasteiger partial charge in [0.25, 0.3) is 0 Å². The topological polar surface area (TPSA) is 23.8 Å². The molecule has 0 N–H and O–H groups in total. The molecular weight excluding hydrogens is 334 g/mol. The SMILES string of the molecule is CSc1ccccc1C#Cc1ccccc1C#Cc1ccccc1C#N. The minimum Gasteiger partial charge on any atom is -0.192 e. The molecule has 0 saturated heterocycles. The summed E-state index contributed by atoms with van der Waals surface area (Å²) in [5, 5.41) is 9.19. The van der Waals surface area contributed by atoms with Crippen molar-refractivity contribution in [2.24, 2.45) is 0 Å². The van der Waals surface area contributed by atoms with Crippen molar-refractivity contribution in [3.8, 4) is 29.8 Å². The summed E-state index contributed by atoms with van der Waals surface area (Å²) in [5.74, 6) is 12.7. The van der Waals surface area contributed by atoms with E-state index in [1.165, 1.54) is 0 Å². The molecule has 3 aromatic rings. The molecule has 0 unspecified atom stereocenters. The fourth-order valence-corrected chi connectivity index (χ4v) is 2.96.